The molecule has 3 heteroatoms. The highest BCUT2D eigenvalue weighted by Crippen LogP contribution is 2.32. The van der Waals surface area contributed by atoms with Crippen molar-refractivity contribution in [3.63, 3.8) is 0 Å². The second-order valence-corrected chi connectivity index (χ2v) is 7.12. The number of unbranched alkanes of at least 4 members (excludes halogenated alkanes) is 2. The van der Waals surface area contributed by atoms with Crippen LogP contribution < -0.4 is 0 Å². The van der Waals surface area contributed by atoms with Crippen LogP contribution in [0.15, 0.2) is 24.3 Å². The number of rotatable bonds is 8. The van der Waals surface area contributed by atoms with Crippen molar-refractivity contribution in [2.75, 3.05) is 0 Å². The van der Waals surface area contributed by atoms with Crippen molar-refractivity contribution in [2.24, 2.45) is 11.8 Å². The van der Waals surface area contributed by atoms with Crippen LogP contribution in [-0.4, -0.2) is 0 Å². The Morgan fingerprint density at radius 1 is 1.00 bits per heavy atom. The van der Waals surface area contributed by atoms with E-state index in [0.29, 0.717) is 17.9 Å². The Hall–Kier alpha value is -1.25. The zero-order valence-corrected chi connectivity index (χ0v) is 14.7. The largest absolute Gasteiger partial charge is 0.204 e. The van der Waals surface area contributed by atoms with E-state index in [2.05, 4.69) is 19.1 Å². The summed E-state index contributed by atoms with van der Waals surface area (Å²) in [5, 5.41) is 0. The lowest BCUT2D eigenvalue weighted by Crippen LogP contribution is -2.13. The van der Waals surface area contributed by atoms with Crippen LogP contribution in [0.2, 0.25) is 0 Å². The predicted octanol–water partition coefficient (Wildman–Crippen LogP) is 6.98. The normalized spacial score (nSPS) is 21.5. The van der Waals surface area contributed by atoms with Gasteiger partial charge in [-0.25, -0.2) is 13.2 Å². The summed E-state index contributed by atoms with van der Waals surface area (Å²) in [6.07, 6.45) is 16.2. The van der Waals surface area contributed by atoms with Crippen LogP contribution >= 0.6 is 0 Å². The maximum atomic E-state index is 13.2. The van der Waals surface area contributed by atoms with E-state index >= 15 is 0 Å². The zero-order chi connectivity index (χ0) is 17.4. The Balaban J connectivity index is 1.68. The minimum Gasteiger partial charge on any atom is -0.204 e. The molecule has 0 radical (unpaired) electrons. The molecule has 0 aromatic heterocycles. The van der Waals surface area contributed by atoms with Crippen molar-refractivity contribution in [3.05, 3.63) is 47.3 Å². The lowest BCUT2D eigenvalue weighted by molar-refractivity contribution is 0.289. The Kier molecular flexibility index (Phi) is 7.87. The maximum absolute atomic E-state index is 13.2. The van der Waals surface area contributed by atoms with E-state index in [1.807, 2.05) is 0 Å². The molecule has 1 aromatic carbocycles. The molecule has 1 saturated carbocycles. The average Bonchev–Trinajstić information content (AvgIpc) is 2.58. The molecule has 1 aromatic rings. The summed E-state index contributed by atoms with van der Waals surface area (Å²) >= 11 is 0. The van der Waals surface area contributed by atoms with Crippen molar-refractivity contribution >= 4 is 0 Å². The smallest absolute Gasteiger partial charge is 0.194 e. The summed E-state index contributed by atoms with van der Waals surface area (Å²) in [6, 6.07) is 2.18. The minimum absolute atomic E-state index is 0.510. The van der Waals surface area contributed by atoms with Crippen molar-refractivity contribution in [3.8, 4) is 0 Å². The standard InChI is InChI=1S/C21H29F3/c1-2-3-4-7-16-10-12-17(13-11-16)8-5-6-9-18-14-19(22)21(24)20(23)15-18/h5,8,14-17H,2-4,6-7,9-13H2,1H3/b8-5+/t16-,17-. The Bertz CT molecular complexity index is 505. The summed E-state index contributed by atoms with van der Waals surface area (Å²) in [4.78, 5) is 0. The summed E-state index contributed by atoms with van der Waals surface area (Å²) in [6.45, 7) is 2.25. The van der Waals surface area contributed by atoms with E-state index in [1.165, 1.54) is 51.4 Å². The molecule has 24 heavy (non-hydrogen) atoms. The first-order valence-corrected chi connectivity index (χ1v) is 9.40. The molecule has 0 amide bonds. The van der Waals surface area contributed by atoms with Gasteiger partial charge in [-0.3, -0.25) is 0 Å². The van der Waals surface area contributed by atoms with Gasteiger partial charge >= 0.3 is 0 Å². The van der Waals surface area contributed by atoms with E-state index in [9.17, 15) is 13.2 Å². The highest BCUT2D eigenvalue weighted by Gasteiger charge is 2.18. The van der Waals surface area contributed by atoms with Gasteiger partial charge < -0.3 is 0 Å². The third-order valence-electron chi connectivity index (χ3n) is 5.16. The van der Waals surface area contributed by atoms with E-state index in [0.717, 1.165) is 24.5 Å². The molecule has 0 aliphatic heterocycles. The van der Waals surface area contributed by atoms with Crippen LogP contribution in [0.1, 0.15) is 70.3 Å². The van der Waals surface area contributed by atoms with Gasteiger partial charge in [0.15, 0.2) is 17.5 Å². The maximum Gasteiger partial charge on any atom is 0.194 e. The van der Waals surface area contributed by atoms with Crippen molar-refractivity contribution in [1.82, 2.24) is 0 Å². The first-order valence-electron chi connectivity index (χ1n) is 9.40. The molecule has 0 spiro atoms. The molecule has 1 aliphatic carbocycles. The minimum atomic E-state index is -1.38. The third kappa shape index (κ3) is 5.99. The van der Waals surface area contributed by atoms with E-state index in [1.54, 1.807) is 0 Å². The van der Waals surface area contributed by atoms with Crippen molar-refractivity contribution in [1.29, 1.82) is 0 Å². The SMILES string of the molecule is CCCCC[C@H]1CC[C@H](/C=C/CCc2cc(F)c(F)c(F)c2)CC1. The molecular weight excluding hydrogens is 309 g/mol. The van der Waals surface area contributed by atoms with Crippen LogP contribution in [0.5, 0.6) is 0 Å². The molecule has 2 rings (SSSR count). The number of allylic oxidation sites excluding steroid dienone is 2. The second kappa shape index (κ2) is 9.90. The van der Waals surface area contributed by atoms with E-state index in [-0.39, 0.29) is 0 Å². The van der Waals surface area contributed by atoms with Crippen LogP contribution in [0, 0.1) is 29.3 Å². The Labute approximate surface area is 144 Å². The van der Waals surface area contributed by atoms with Gasteiger partial charge in [-0.15, -0.1) is 0 Å². The number of benzene rings is 1. The lowest BCUT2D eigenvalue weighted by Gasteiger charge is -2.26. The molecule has 134 valence electrons. The fraction of sp³-hybridized carbons (Fsp3) is 0.619. The fourth-order valence-electron chi connectivity index (χ4n) is 3.64. The van der Waals surface area contributed by atoms with E-state index < -0.39 is 17.5 Å². The van der Waals surface area contributed by atoms with E-state index in [4.69, 9.17) is 0 Å². The molecule has 0 N–H and O–H groups in total. The summed E-state index contributed by atoms with van der Waals surface area (Å²) in [5.41, 5.74) is 0.510. The van der Waals surface area contributed by atoms with Gasteiger partial charge in [0.2, 0.25) is 0 Å². The van der Waals surface area contributed by atoms with Gasteiger partial charge in [0.25, 0.3) is 0 Å². The first-order chi connectivity index (χ1) is 11.6. The van der Waals surface area contributed by atoms with Gasteiger partial charge in [0.05, 0.1) is 0 Å². The predicted molar refractivity (Wildman–Crippen MR) is 93.4 cm³/mol. The molecule has 1 fully saturated rings. The fourth-order valence-corrected chi connectivity index (χ4v) is 3.64. The van der Waals surface area contributed by atoms with Gasteiger partial charge in [0.1, 0.15) is 0 Å². The zero-order valence-electron chi connectivity index (χ0n) is 14.7. The van der Waals surface area contributed by atoms with Crippen molar-refractivity contribution in [2.45, 2.75) is 71.1 Å². The number of aryl methyl sites for hydroxylation is 1. The molecule has 0 unspecified atom stereocenters. The van der Waals surface area contributed by atoms with Gasteiger partial charge in [0, 0.05) is 0 Å². The quantitative estimate of drug-likeness (QED) is 0.272. The Morgan fingerprint density at radius 2 is 1.67 bits per heavy atom. The van der Waals surface area contributed by atoms with Crippen LogP contribution in [0.3, 0.4) is 0 Å². The number of hydrogen-bond acceptors (Lipinski definition) is 0. The highest BCUT2D eigenvalue weighted by atomic mass is 19.2. The molecule has 0 saturated heterocycles. The van der Waals surface area contributed by atoms with Crippen LogP contribution in [0.4, 0.5) is 13.2 Å². The van der Waals surface area contributed by atoms with Gasteiger partial charge in [-0.05, 0) is 68.1 Å². The second-order valence-electron chi connectivity index (χ2n) is 7.12. The molecule has 0 bridgehead atoms. The Morgan fingerprint density at radius 3 is 2.29 bits per heavy atom. The molecular formula is C21H29F3. The molecule has 1 aliphatic rings. The third-order valence-corrected chi connectivity index (χ3v) is 5.16. The first kappa shape index (κ1) is 19.1. The van der Waals surface area contributed by atoms with Crippen LogP contribution in [0.25, 0.3) is 0 Å². The number of hydrogen-bond donors (Lipinski definition) is 0. The monoisotopic (exact) mass is 338 g/mol. The highest BCUT2D eigenvalue weighted by molar-refractivity contribution is 5.20. The van der Waals surface area contributed by atoms with Gasteiger partial charge in [-0.2, -0.15) is 0 Å². The summed E-state index contributed by atoms with van der Waals surface area (Å²) in [5.74, 6) is -2.03. The number of halogens is 3. The average molecular weight is 338 g/mol. The van der Waals surface area contributed by atoms with Crippen molar-refractivity contribution < 1.29 is 13.2 Å². The lowest BCUT2D eigenvalue weighted by atomic mass is 9.79. The molecule has 0 heterocycles. The summed E-state index contributed by atoms with van der Waals surface area (Å²) < 4.78 is 39.2. The summed E-state index contributed by atoms with van der Waals surface area (Å²) in [7, 11) is 0. The van der Waals surface area contributed by atoms with Gasteiger partial charge in [-0.1, -0.05) is 44.8 Å². The molecule has 0 nitrogen and oxygen atoms in total. The molecule has 0 atom stereocenters. The van der Waals surface area contributed by atoms with Crippen LogP contribution in [-0.2, 0) is 6.42 Å². The topological polar surface area (TPSA) is 0 Å².